The van der Waals surface area contributed by atoms with Crippen molar-refractivity contribution in [1.29, 1.82) is 0 Å². The van der Waals surface area contributed by atoms with Gasteiger partial charge in [0.15, 0.2) is 0 Å². The smallest absolute Gasteiger partial charge is 0.220 e. The zero-order chi connectivity index (χ0) is 18.5. The van der Waals surface area contributed by atoms with E-state index in [0.717, 1.165) is 31.2 Å². The number of nitrogens with zero attached hydrogens (tertiary/aromatic N) is 1. The number of pyridine rings is 1. The molecule has 0 aliphatic heterocycles. The summed E-state index contributed by atoms with van der Waals surface area (Å²) in [5.41, 5.74) is 2.47. The average Bonchev–Trinajstić information content (AvgIpc) is 2.66. The summed E-state index contributed by atoms with van der Waals surface area (Å²) < 4.78 is 0. The lowest BCUT2D eigenvalue weighted by Crippen LogP contribution is -2.41. The van der Waals surface area contributed by atoms with Crippen LogP contribution in [0.1, 0.15) is 57.4 Å². The van der Waals surface area contributed by atoms with Crippen molar-refractivity contribution in [3.63, 3.8) is 0 Å². The molecular formula is C22H30N2O2. The molecule has 3 rings (SSSR count). The summed E-state index contributed by atoms with van der Waals surface area (Å²) in [5.74, 6) is 1.34. The standard InChI is InChI=1S/C22H30N2O2/c1-15(2)21(14-25)24-22(26)13-16-7-9-17(10-8-16)18-11-12-23-20-6-4-3-5-19(18)20/h3-6,11-12,15-17,21,25H,7-10,13-14H2,1-2H3,(H,24,26)/t16-,17+,21?. The molecule has 1 fully saturated rings. The van der Waals surface area contributed by atoms with Crippen molar-refractivity contribution in [3.05, 3.63) is 42.1 Å². The maximum Gasteiger partial charge on any atom is 0.220 e. The van der Waals surface area contributed by atoms with Gasteiger partial charge in [-0.3, -0.25) is 9.78 Å². The van der Waals surface area contributed by atoms with Crippen molar-refractivity contribution in [1.82, 2.24) is 10.3 Å². The molecule has 0 bridgehead atoms. The summed E-state index contributed by atoms with van der Waals surface area (Å²) in [6, 6.07) is 10.4. The minimum absolute atomic E-state index is 0.00522. The molecule has 1 saturated carbocycles. The van der Waals surface area contributed by atoms with Crippen LogP contribution in [0.3, 0.4) is 0 Å². The normalized spacial score (nSPS) is 21.7. The van der Waals surface area contributed by atoms with Gasteiger partial charge in [-0.2, -0.15) is 0 Å². The Morgan fingerprint density at radius 2 is 1.92 bits per heavy atom. The number of rotatable bonds is 6. The third-order valence-electron chi connectivity index (χ3n) is 5.79. The van der Waals surface area contributed by atoms with Crippen molar-refractivity contribution in [3.8, 4) is 0 Å². The highest BCUT2D eigenvalue weighted by molar-refractivity contribution is 5.82. The van der Waals surface area contributed by atoms with E-state index in [2.05, 4.69) is 34.6 Å². The molecule has 1 unspecified atom stereocenters. The molecule has 140 valence electrons. The molecule has 4 nitrogen and oxygen atoms in total. The molecule has 1 aromatic carbocycles. The van der Waals surface area contributed by atoms with Crippen LogP contribution in [0.25, 0.3) is 10.9 Å². The number of aromatic nitrogens is 1. The van der Waals surface area contributed by atoms with Gasteiger partial charge in [0, 0.05) is 18.0 Å². The molecule has 26 heavy (non-hydrogen) atoms. The van der Waals surface area contributed by atoms with Gasteiger partial charge in [-0.1, -0.05) is 32.0 Å². The summed E-state index contributed by atoms with van der Waals surface area (Å²) in [5, 5.41) is 13.6. The van der Waals surface area contributed by atoms with E-state index in [1.165, 1.54) is 10.9 Å². The Balaban J connectivity index is 1.56. The van der Waals surface area contributed by atoms with Crippen LogP contribution in [0.5, 0.6) is 0 Å². The zero-order valence-electron chi connectivity index (χ0n) is 15.8. The van der Waals surface area contributed by atoms with Crippen LogP contribution in [0.2, 0.25) is 0 Å². The van der Waals surface area contributed by atoms with Crippen molar-refractivity contribution < 1.29 is 9.90 Å². The van der Waals surface area contributed by atoms with E-state index in [1.54, 1.807) is 0 Å². The third-order valence-corrected chi connectivity index (χ3v) is 5.79. The number of nitrogens with one attached hydrogen (secondary N) is 1. The second-order valence-corrected chi connectivity index (χ2v) is 7.94. The van der Waals surface area contributed by atoms with Crippen molar-refractivity contribution in [2.45, 2.75) is 57.9 Å². The Bertz CT molecular complexity index is 731. The van der Waals surface area contributed by atoms with E-state index in [9.17, 15) is 9.90 Å². The van der Waals surface area contributed by atoms with Crippen LogP contribution >= 0.6 is 0 Å². The van der Waals surface area contributed by atoms with Crippen LogP contribution < -0.4 is 5.32 Å². The van der Waals surface area contributed by atoms with E-state index in [4.69, 9.17) is 0 Å². The first-order chi connectivity index (χ1) is 12.6. The number of benzene rings is 1. The predicted molar refractivity (Wildman–Crippen MR) is 105 cm³/mol. The van der Waals surface area contributed by atoms with E-state index < -0.39 is 0 Å². The highest BCUT2D eigenvalue weighted by Gasteiger charge is 2.26. The SMILES string of the molecule is CC(C)C(CO)NC(=O)C[C@H]1CC[C@@H](c2ccnc3ccccc32)CC1. The highest BCUT2D eigenvalue weighted by atomic mass is 16.3. The summed E-state index contributed by atoms with van der Waals surface area (Å²) in [7, 11) is 0. The molecule has 1 aliphatic carbocycles. The summed E-state index contributed by atoms with van der Waals surface area (Å²) in [6.07, 6.45) is 6.91. The first kappa shape index (κ1) is 18.8. The maximum absolute atomic E-state index is 12.3. The number of hydrogen-bond acceptors (Lipinski definition) is 3. The second kappa shape index (κ2) is 8.63. The molecule has 1 heterocycles. The number of fused-ring (bicyclic) bond motifs is 1. The number of aliphatic hydroxyl groups is 1. The lowest BCUT2D eigenvalue weighted by atomic mass is 9.77. The average molecular weight is 354 g/mol. The lowest BCUT2D eigenvalue weighted by molar-refractivity contribution is -0.123. The molecule has 2 aromatic rings. The van der Waals surface area contributed by atoms with Gasteiger partial charge in [-0.05, 0) is 61.1 Å². The molecule has 2 N–H and O–H groups in total. The van der Waals surface area contributed by atoms with Gasteiger partial charge in [-0.25, -0.2) is 0 Å². The van der Waals surface area contributed by atoms with Gasteiger partial charge in [0.25, 0.3) is 0 Å². The van der Waals surface area contributed by atoms with Gasteiger partial charge in [0.1, 0.15) is 0 Å². The Morgan fingerprint density at radius 3 is 2.62 bits per heavy atom. The van der Waals surface area contributed by atoms with E-state index in [1.807, 2.05) is 26.1 Å². The third kappa shape index (κ3) is 4.42. The number of carbonyl (C=O) groups is 1. The van der Waals surface area contributed by atoms with E-state index >= 15 is 0 Å². The number of aliphatic hydroxyl groups excluding tert-OH is 1. The molecule has 0 saturated heterocycles. The predicted octanol–water partition coefficient (Wildman–Crippen LogP) is 4.03. The minimum atomic E-state index is -0.137. The minimum Gasteiger partial charge on any atom is -0.394 e. The number of para-hydroxylation sites is 1. The van der Waals surface area contributed by atoms with Gasteiger partial charge < -0.3 is 10.4 Å². The zero-order valence-corrected chi connectivity index (χ0v) is 15.8. The Morgan fingerprint density at radius 1 is 1.19 bits per heavy atom. The fourth-order valence-electron chi connectivity index (χ4n) is 4.10. The molecule has 1 aliphatic rings. The van der Waals surface area contributed by atoms with Crippen molar-refractivity contribution >= 4 is 16.8 Å². The summed E-state index contributed by atoms with van der Waals surface area (Å²) in [6.45, 7) is 4.04. The molecule has 1 amide bonds. The summed E-state index contributed by atoms with van der Waals surface area (Å²) >= 11 is 0. The highest BCUT2D eigenvalue weighted by Crippen LogP contribution is 2.39. The monoisotopic (exact) mass is 354 g/mol. The molecule has 1 atom stereocenters. The van der Waals surface area contributed by atoms with Crippen molar-refractivity contribution in [2.24, 2.45) is 11.8 Å². The summed E-state index contributed by atoms with van der Waals surface area (Å²) in [4.78, 5) is 16.7. The quantitative estimate of drug-likeness (QED) is 0.823. The van der Waals surface area contributed by atoms with Gasteiger partial charge in [0.2, 0.25) is 5.91 Å². The van der Waals surface area contributed by atoms with E-state index in [0.29, 0.717) is 18.3 Å². The fraction of sp³-hybridized carbons (Fsp3) is 0.545. The first-order valence-corrected chi connectivity index (χ1v) is 9.82. The van der Waals surface area contributed by atoms with E-state index in [-0.39, 0.29) is 24.5 Å². The topological polar surface area (TPSA) is 62.2 Å². The van der Waals surface area contributed by atoms with Crippen LogP contribution in [0.15, 0.2) is 36.5 Å². The Hall–Kier alpha value is -1.94. The second-order valence-electron chi connectivity index (χ2n) is 7.94. The largest absolute Gasteiger partial charge is 0.394 e. The fourth-order valence-corrected chi connectivity index (χ4v) is 4.10. The lowest BCUT2D eigenvalue weighted by Gasteiger charge is -2.29. The van der Waals surface area contributed by atoms with Gasteiger partial charge in [0.05, 0.1) is 18.2 Å². The molecule has 1 aromatic heterocycles. The Labute approximate surface area is 156 Å². The van der Waals surface area contributed by atoms with Crippen LogP contribution in [0, 0.1) is 11.8 Å². The maximum atomic E-state index is 12.3. The van der Waals surface area contributed by atoms with Gasteiger partial charge >= 0.3 is 0 Å². The van der Waals surface area contributed by atoms with Crippen molar-refractivity contribution in [2.75, 3.05) is 6.61 Å². The number of carbonyl (C=O) groups excluding carboxylic acids is 1. The molecule has 0 spiro atoms. The van der Waals surface area contributed by atoms with Crippen LogP contribution in [-0.4, -0.2) is 28.6 Å². The van der Waals surface area contributed by atoms with Crippen LogP contribution in [0.4, 0.5) is 0 Å². The first-order valence-electron chi connectivity index (χ1n) is 9.82. The molecule has 0 radical (unpaired) electrons. The number of hydrogen-bond donors (Lipinski definition) is 2. The van der Waals surface area contributed by atoms with Crippen LogP contribution in [-0.2, 0) is 4.79 Å². The molecular weight excluding hydrogens is 324 g/mol. The van der Waals surface area contributed by atoms with Gasteiger partial charge in [-0.15, -0.1) is 0 Å². The number of amides is 1. The molecule has 4 heteroatoms. The Kier molecular flexibility index (Phi) is 6.25.